The zero-order chi connectivity index (χ0) is 23.2. The van der Waals surface area contributed by atoms with Gasteiger partial charge in [-0.15, -0.1) is 0 Å². The van der Waals surface area contributed by atoms with Crippen molar-refractivity contribution in [1.82, 2.24) is 29.1 Å². The summed E-state index contributed by atoms with van der Waals surface area (Å²) in [5.74, 6) is -0.951. The van der Waals surface area contributed by atoms with Crippen molar-refractivity contribution in [1.29, 1.82) is 0 Å². The molecule has 4 heterocycles. The second-order valence-corrected chi connectivity index (χ2v) is 9.56. The van der Waals surface area contributed by atoms with Crippen LogP contribution >= 0.6 is 11.6 Å². The van der Waals surface area contributed by atoms with Crippen LogP contribution in [0, 0.1) is 0 Å². The molecule has 0 aromatic carbocycles. The zero-order valence-electron chi connectivity index (χ0n) is 18.7. The Morgan fingerprint density at radius 3 is 2.26 bits per heavy atom. The molecular formula is C24H25ClN6O3. The number of aromatic carboxylic acids is 1. The van der Waals surface area contributed by atoms with Gasteiger partial charge in [-0.1, -0.05) is 25.7 Å². The number of carboxylic acids is 1. The molecule has 4 aromatic heterocycles. The van der Waals surface area contributed by atoms with Gasteiger partial charge in [-0.3, -0.25) is 0 Å². The highest BCUT2D eigenvalue weighted by Crippen LogP contribution is 2.36. The van der Waals surface area contributed by atoms with Gasteiger partial charge in [-0.2, -0.15) is 9.97 Å². The lowest BCUT2D eigenvalue weighted by molar-refractivity contribution is 0.0683. The van der Waals surface area contributed by atoms with Crippen LogP contribution in [0.4, 0.5) is 0 Å². The van der Waals surface area contributed by atoms with Crippen LogP contribution in [0.25, 0.3) is 22.1 Å². The molecule has 1 N–H and O–H groups in total. The Hall–Kier alpha value is -3.20. The molecular weight excluding hydrogens is 456 g/mol. The average Bonchev–Trinajstić information content (AvgIpc) is 3.62. The molecule has 0 saturated heterocycles. The summed E-state index contributed by atoms with van der Waals surface area (Å²) in [4.78, 5) is 29.5. The molecule has 0 atom stereocenters. The molecule has 0 aliphatic heterocycles. The average molecular weight is 481 g/mol. The summed E-state index contributed by atoms with van der Waals surface area (Å²) in [6.45, 7) is 0.270. The minimum Gasteiger partial charge on any atom is -0.477 e. The smallest absolute Gasteiger partial charge is 0.352 e. The number of carbonyl (C=O) groups is 1. The Morgan fingerprint density at radius 1 is 0.941 bits per heavy atom. The first kappa shape index (κ1) is 21.3. The standard InChI is InChI=1S/C24H25ClN6O3/c25-23-26-11-14-9-18(30(20(14)28-23)16-5-1-2-6-16)13-34-24-27-12-15-10-19(22(32)33)31(21(15)29-24)17-7-3-4-8-17/h9-12,16-17H,1-8,13H2,(H,32,33). The quantitative estimate of drug-likeness (QED) is 0.371. The minimum atomic E-state index is -0.951. The third kappa shape index (κ3) is 3.68. The summed E-state index contributed by atoms with van der Waals surface area (Å²) in [5.41, 5.74) is 2.66. The number of carboxylic acid groups (broad SMARTS) is 1. The van der Waals surface area contributed by atoms with E-state index in [1.807, 2.05) is 10.6 Å². The first-order chi connectivity index (χ1) is 16.6. The number of rotatable bonds is 6. The molecule has 2 aliphatic rings. The summed E-state index contributed by atoms with van der Waals surface area (Å²) in [7, 11) is 0. The highest BCUT2D eigenvalue weighted by Gasteiger charge is 2.26. The molecule has 0 bridgehead atoms. The molecule has 9 nitrogen and oxygen atoms in total. The monoisotopic (exact) mass is 480 g/mol. The van der Waals surface area contributed by atoms with Crippen LogP contribution in [-0.4, -0.2) is 40.1 Å². The molecule has 176 valence electrons. The van der Waals surface area contributed by atoms with E-state index >= 15 is 0 Å². The third-order valence-electron chi connectivity index (χ3n) is 7.13. The van der Waals surface area contributed by atoms with E-state index < -0.39 is 5.97 Å². The van der Waals surface area contributed by atoms with Crippen LogP contribution in [0.15, 0.2) is 24.5 Å². The fourth-order valence-electron chi connectivity index (χ4n) is 5.62. The van der Waals surface area contributed by atoms with Crippen molar-refractivity contribution < 1.29 is 14.6 Å². The lowest BCUT2D eigenvalue weighted by atomic mass is 10.2. The molecule has 4 aromatic rings. The van der Waals surface area contributed by atoms with Gasteiger partial charge in [0.1, 0.15) is 23.6 Å². The van der Waals surface area contributed by atoms with Gasteiger partial charge in [-0.05, 0) is 49.4 Å². The molecule has 2 saturated carbocycles. The van der Waals surface area contributed by atoms with Crippen molar-refractivity contribution >= 4 is 39.6 Å². The number of halogens is 1. The summed E-state index contributed by atoms with van der Waals surface area (Å²) >= 11 is 6.10. The Bertz CT molecular complexity index is 1380. The van der Waals surface area contributed by atoms with Crippen molar-refractivity contribution in [2.45, 2.75) is 70.1 Å². The molecule has 0 spiro atoms. The van der Waals surface area contributed by atoms with Gasteiger partial charge in [-0.25, -0.2) is 14.8 Å². The molecule has 0 unspecified atom stereocenters. The Morgan fingerprint density at radius 2 is 1.56 bits per heavy atom. The van der Waals surface area contributed by atoms with Crippen molar-refractivity contribution in [2.75, 3.05) is 0 Å². The topological polar surface area (TPSA) is 108 Å². The van der Waals surface area contributed by atoms with Crippen LogP contribution in [0.3, 0.4) is 0 Å². The number of hydrogen-bond donors (Lipinski definition) is 1. The van der Waals surface area contributed by atoms with Gasteiger partial charge >= 0.3 is 12.0 Å². The van der Waals surface area contributed by atoms with Gasteiger partial charge in [0.2, 0.25) is 5.28 Å². The Kier molecular flexibility index (Phi) is 5.36. The van der Waals surface area contributed by atoms with Crippen LogP contribution in [0.2, 0.25) is 5.28 Å². The normalized spacial score (nSPS) is 17.3. The molecule has 34 heavy (non-hydrogen) atoms. The van der Waals surface area contributed by atoms with E-state index in [-0.39, 0.29) is 29.6 Å². The second kappa shape index (κ2) is 8.54. The number of aromatic nitrogens is 6. The first-order valence-electron chi connectivity index (χ1n) is 11.8. The van der Waals surface area contributed by atoms with Crippen molar-refractivity contribution in [2.24, 2.45) is 0 Å². The predicted octanol–water partition coefficient (Wildman–Crippen LogP) is 5.34. The molecule has 6 rings (SSSR count). The van der Waals surface area contributed by atoms with Crippen molar-refractivity contribution in [3.8, 4) is 6.01 Å². The number of nitrogens with zero attached hydrogens (tertiary/aromatic N) is 6. The number of fused-ring (bicyclic) bond motifs is 2. The Balaban J connectivity index is 1.35. The van der Waals surface area contributed by atoms with Crippen LogP contribution in [-0.2, 0) is 6.61 Å². The van der Waals surface area contributed by atoms with Gasteiger partial charge in [0.25, 0.3) is 0 Å². The minimum absolute atomic E-state index is 0.138. The molecule has 0 radical (unpaired) electrons. The highest BCUT2D eigenvalue weighted by molar-refractivity contribution is 6.28. The first-order valence-corrected chi connectivity index (χ1v) is 12.2. The molecule has 0 amide bonds. The Labute approximate surface area is 200 Å². The van der Waals surface area contributed by atoms with E-state index in [1.54, 1.807) is 18.5 Å². The number of hydrogen-bond acceptors (Lipinski definition) is 6. The maximum atomic E-state index is 11.9. The fourth-order valence-corrected chi connectivity index (χ4v) is 5.75. The highest BCUT2D eigenvalue weighted by atomic mass is 35.5. The second-order valence-electron chi connectivity index (χ2n) is 9.23. The van der Waals surface area contributed by atoms with Gasteiger partial charge < -0.3 is 19.0 Å². The van der Waals surface area contributed by atoms with E-state index in [0.717, 1.165) is 55.3 Å². The van der Waals surface area contributed by atoms with Crippen LogP contribution < -0.4 is 4.74 Å². The predicted molar refractivity (Wildman–Crippen MR) is 126 cm³/mol. The largest absolute Gasteiger partial charge is 0.477 e. The lowest BCUT2D eigenvalue weighted by Gasteiger charge is -2.17. The van der Waals surface area contributed by atoms with Crippen molar-refractivity contribution in [3.05, 3.63) is 41.2 Å². The molecule has 10 heteroatoms. The SMILES string of the molecule is O=C(O)c1cc2cnc(OCc3cc4cnc(Cl)nc4n3C3CCCC3)nc2n1C1CCCC1. The van der Waals surface area contributed by atoms with Crippen molar-refractivity contribution in [3.63, 3.8) is 0 Å². The van der Waals surface area contributed by atoms with Gasteiger partial charge in [0.15, 0.2) is 0 Å². The van der Waals surface area contributed by atoms with E-state index in [2.05, 4.69) is 24.5 Å². The van der Waals surface area contributed by atoms with Gasteiger partial charge in [0.05, 0.1) is 5.69 Å². The third-order valence-corrected chi connectivity index (χ3v) is 7.31. The van der Waals surface area contributed by atoms with E-state index in [4.69, 9.17) is 16.3 Å². The number of ether oxygens (including phenoxy) is 1. The summed E-state index contributed by atoms with van der Waals surface area (Å²) in [5, 5.41) is 11.6. The van der Waals surface area contributed by atoms with E-state index in [0.29, 0.717) is 17.1 Å². The summed E-state index contributed by atoms with van der Waals surface area (Å²) in [6.07, 6.45) is 12.0. The lowest BCUT2D eigenvalue weighted by Crippen LogP contribution is -2.14. The molecule has 2 aliphatic carbocycles. The summed E-state index contributed by atoms with van der Waals surface area (Å²) in [6, 6.07) is 4.41. The summed E-state index contributed by atoms with van der Waals surface area (Å²) < 4.78 is 10.1. The van der Waals surface area contributed by atoms with Gasteiger partial charge in [0, 0.05) is 35.2 Å². The van der Waals surface area contributed by atoms with Crippen LogP contribution in [0.5, 0.6) is 6.01 Å². The van der Waals surface area contributed by atoms with E-state index in [9.17, 15) is 9.90 Å². The molecule has 2 fully saturated rings. The van der Waals surface area contributed by atoms with Crippen LogP contribution in [0.1, 0.15) is 79.6 Å². The maximum absolute atomic E-state index is 11.9. The fraction of sp³-hybridized carbons (Fsp3) is 0.458. The maximum Gasteiger partial charge on any atom is 0.352 e. The van der Waals surface area contributed by atoms with E-state index in [1.165, 1.54) is 12.8 Å². The zero-order valence-corrected chi connectivity index (χ0v) is 19.4.